The van der Waals surface area contributed by atoms with Crippen LogP contribution in [0.4, 0.5) is 17.1 Å². The number of nitrogens with two attached hydrogens (primary N) is 2. The Labute approximate surface area is 276 Å². The number of nitro groups is 1. The van der Waals surface area contributed by atoms with E-state index in [4.69, 9.17) is 11.5 Å². The molecule has 0 aliphatic carbocycles. The van der Waals surface area contributed by atoms with Crippen LogP contribution in [0.5, 0.6) is 0 Å². The third kappa shape index (κ3) is 4.68. The van der Waals surface area contributed by atoms with E-state index in [1.165, 1.54) is 6.07 Å². The van der Waals surface area contributed by atoms with Crippen molar-refractivity contribution in [2.45, 2.75) is 39.5 Å². The molecule has 0 aliphatic rings. The predicted octanol–water partition coefficient (Wildman–Crippen LogP) is 9.49. The first-order valence-corrected chi connectivity index (χ1v) is 15.9. The Bertz CT molecular complexity index is 2430. The van der Waals surface area contributed by atoms with Crippen molar-refractivity contribution in [1.82, 2.24) is 0 Å². The molecule has 0 unspecified atom stereocenters. The van der Waals surface area contributed by atoms with Crippen molar-refractivity contribution in [2.24, 2.45) is 5.73 Å². The molecule has 0 radical (unpaired) electrons. The Balaban J connectivity index is 1.52. The number of nitrogens with one attached hydrogen (secondary N) is 1. The first kappa shape index (κ1) is 30.6. The number of anilines is 2. The van der Waals surface area contributed by atoms with Crippen molar-refractivity contribution in [3.8, 4) is 11.1 Å². The Morgan fingerprint density at radius 1 is 0.667 bits per heavy atom. The lowest BCUT2D eigenvalue weighted by Gasteiger charge is -2.22. The fourth-order valence-corrected chi connectivity index (χ4v) is 7.23. The summed E-state index contributed by atoms with van der Waals surface area (Å²) >= 11 is 0. The lowest BCUT2D eigenvalue weighted by atomic mass is 9.84. The maximum atomic E-state index is 14.3. The molecule has 238 valence electrons. The Kier molecular flexibility index (Phi) is 7.24. The van der Waals surface area contributed by atoms with Gasteiger partial charge in [-0.25, -0.2) is 0 Å². The molecule has 0 spiro atoms. The Morgan fingerprint density at radius 3 is 1.83 bits per heavy atom. The summed E-state index contributed by atoms with van der Waals surface area (Å²) in [5.74, 6) is -0.611. The van der Waals surface area contributed by atoms with E-state index >= 15 is 0 Å². The maximum Gasteiger partial charge on any atom is 0.279 e. The molecule has 7 aromatic carbocycles. The van der Waals surface area contributed by atoms with Crippen molar-refractivity contribution >= 4 is 72.0 Å². The van der Waals surface area contributed by atoms with Crippen LogP contribution in [0.1, 0.15) is 71.4 Å². The van der Waals surface area contributed by atoms with Gasteiger partial charge in [-0.15, -0.1) is 0 Å². The fraction of sp³-hybridized carbons (Fsp3) is 0.150. The summed E-state index contributed by atoms with van der Waals surface area (Å²) in [4.78, 5) is 38.9. The highest BCUT2D eigenvalue weighted by Gasteiger charge is 2.25. The lowest BCUT2D eigenvalue weighted by molar-refractivity contribution is -0.384. The third-order valence-corrected chi connectivity index (χ3v) is 9.41. The summed E-state index contributed by atoms with van der Waals surface area (Å²) in [5.41, 5.74) is 16.7. The average Bonchev–Trinajstić information content (AvgIpc) is 3.06. The molecule has 0 aromatic heterocycles. The quantitative estimate of drug-likeness (QED) is 0.0526. The number of benzene rings is 7. The van der Waals surface area contributed by atoms with Crippen LogP contribution < -0.4 is 16.8 Å². The van der Waals surface area contributed by atoms with E-state index in [0.717, 1.165) is 54.5 Å². The minimum Gasteiger partial charge on any atom is -0.399 e. The van der Waals surface area contributed by atoms with Crippen LogP contribution in [0.15, 0.2) is 91.0 Å². The van der Waals surface area contributed by atoms with Gasteiger partial charge in [0.15, 0.2) is 0 Å². The summed E-state index contributed by atoms with van der Waals surface area (Å²) in [7, 11) is 0. The fourth-order valence-electron chi connectivity index (χ4n) is 7.23. The molecule has 0 saturated carbocycles. The van der Waals surface area contributed by atoms with Crippen molar-refractivity contribution < 1.29 is 14.5 Å². The lowest BCUT2D eigenvalue weighted by Crippen LogP contribution is -2.18. The van der Waals surface area contributed by atoms with E-state index < -0.39 is 10.8 Å². The Hall–Kier alpha value is -6.02. The number of carbonyl (C=O) groups is 2. The molecule has 7 rings (SSSR count). The van der Waals surface area contributed by atoms with Crippen LogP contribution in [0.2, 0.25) is 0 Å². The van der Waals surface area contributed by atoms with Gasteiger partial charge in [0.1, 0.15) is 0 Å². The average molecular weight is 635 g/mol. The highest BCUT2D eigenvalue weighted by molar-refractivity contribution is 6.37. The topological polar surface area (TPSA) is 141 Å². The largest absolute Gasteiger partial charge is 0.399 e. The van der Waals surface area contributed by atoms with E-state index in [9.17, 15) is 19.7 Å². The van der Waals surface area contributed by atoms with Crippen molar-refractivity contribution in [1.29, 1.82) is 0 Å². The number of amides is 2. The van der Waals surface area contributed by atoms with Gasteiger partial charge in [-0.2, -0.15) is 0 Å². The first-order valence-electron chi connectivity index (χ1n) is 15.9. The summed E-state index contributed by atoms with van der Waals surface area (Å²) < 4.78 is 0. The minimum atomic E-state index is -0.631. The van der Waals surface area contributed by atoms with Crippen LogP contribution in [-0.2, 0) is 0 Å². The molecule has 5 N–H and O–H groups in total. The van der Waals surface area contributed by atoms with Crippen LogP contribution in [-0.4, -0.2) is 16.7 Å². The second kappa shape index (κ2) is 11.3. The Morgan fingerprint density at radius 2 is 1.21 bits per heavy atom. The number of rotatable bonds is 7. The molecule has 0 saturated heterocycles. The number of hydrogen-bond donors (Lipinski definition) is 3. The summed E-state index contributed by atoms with van der Waals surface area (Å²) in [6.07, 6.45) is 0. The molecule has 0 aliphatic heterocycles. The molecule has 7 aromatic rings. The standard InChI is InChI=1S/C40H34N4O4/c1-20(2)23-7-5-8-24(21(3)4)38(23)43-40(46)33-18-16-30-28-10-6-9-27-25(26-12-11-22(41)19-34(26)44(47)48)13-14-29(35(27)28)31-15-17-32(39(42)45)37(33)36(30)31/h5-21H,41H2,1-4H3,(H2,42,45)(H,43,46). The van der Waals surface area contributed by atoms with E-state index in [-0.39, 0.29) is 29.0 Å². The molecule has 0 heterocycles. The summed E-state index contributed by atoms with van der Waals surface area (Å²) in [6.45, 7) is 8.38. The maximum absolute atomic E-state index is 14.3. The van der Waals surface area contributed by atoms with Gasteiger partial charge in [0.05, 0.1) is 10.5 Å². The first-order chi connectivity index (χ1) is 23.0. The zero-order chi connectivity index (χ0) is 34.0. The zero-order valence-electron chi connectivity index (χ0n) is 27.0. The minimum absolute atomic E-state index is 0.0737. The highest BCUT2D eigenvalue weighted by Crippen LogP contribution is 2.46. The second-order valence-corrected chi connectivity index (χ2v) is 12.9. The number of nitrogen functional groups attached to an aromatic ring is 1. The van der Waals surface area contributed by atoms with Gasteiger partial charge in [-0.05, 0) is 90.5 Å². The number of primary amides is 1. The van der Waals surface area contributed by atoms with Crippen LogP contribution in [0.3, 0.4) is 0 Å². The number of nitrogens with zero attached hydrogens (tertiary/aromatic N) is 1. The number of hydrogen-bond acceptors (Lipinski definition) is 5. The van der Waals surface area contributed by atoms with E-state index in [1.54, 1.807) is 24.3 Å². The predicted molar refractivity (Wildman–Crippen MR) is 195 cm³/mol. The van der Waals surface area contributed by atoms with E-state index in [2.05, 4.69) is 33.0 Å². The van der Waals surface area contributed by atoms with Gasteiger partial charge in [0, 0.05) is 34.0 Å². The van der Waals surface area contributed by atoms with Crippen molar-refractivity contribution in [3.63, 3.8) is 0 Å². The molecule has 8 nitrogen and oxygen atoms in total. The van der Waals surface area contributed by atoms with Gasteiger partial charge in [-0.1, -0.05) is 88.4 Å². The van der Waals surface area contributed by atoms with Gasteiger partial charge in [0.25, 0.3) is 11.6 Å². The number of carbonyl (C=O) groups excluding carboxylic acids is 2. The summed E-state index contributed by atoms with van der Waals surface area (Å²) in [5, 5.41) is 21.7. The van der Waals surface area contributed by atoms with E-state index in [1.807, 2.05) is 60.7 Å². The zero-order valence-corrected chi connectivity index (χ0v) is 27.0. The van der Waals surface area contributed by atoms with Crippen molar-refractivity contribution in [2.75, 3.05) is 11.1 Å². The molecule has 48 heavy (non-hydrogen) atoms. The van der Waals surface area contributed by atoms with Gasteiger partial charge in [0.2, 0.25) is 5.91 Å². The monoisotopic (exact) mass is 634 g/mol. The van der Waals surface area contributed by atoms with Gasteiger partial charge in [-0.3, -0.25) is 19.7 Å². The van der Waals surface area contributed by atoms with E-state index in [0.29, 0.717) is 27.8 Å². The van der Waals surface area contributed by atoms with Gasteiger partial charge >= 0.3 is 0 Å². The van der Waals surface area contributed by atoms with Crippen LogP contribution >= 0.6 is 0 Å². The molecule has 2 amide bonds. The molecule has 0 atom stereocenters. The molecule has 0 bridgehead atoms. The molecule has 8 heteroatoms. The number of para-hydroxylation sites is 1. The smallest absolute Gasteiger partial charge is 0.279 e. The highest BCUT2D eigenvalue weighted by atomic mass is 16.6. The SMILES string of the molecule is CC(C)c1cccc(C(C)C)c1NC(=O)c1ccc2c3cccc4c(-c5ccc(N)cc5[N+](=O)[O-])ccc(c5ccc(C(N)=O)c1c52)c43. The third-order valence-electron chi connectivity index (χ3n) is 9.41. The molecular weight excluding hydrogens is 600 g/mol. The summed E-state index contributed by atoms with van der Waals surface area (Å²) in [6, 6.07) is 27.7. The molecular formula is C40H34N4O4. The van der Waals surface area contributed by atoms with Crippen molar-refractivity contribution in [3.05, 3.63) is 123 Å². The number of fused-ring (bicyclic) bond motifs is 2. The number of nitro benzene ring substituents is 1. The van der Waals surface area contributed by atoms with Crippen LogP contribution in [0, 0.1) is 10.1 Å². The van der Waals surface area contributed by atoms with Crippen LogP contribution in [0.25, 0.3) is 54.2 Å². The van der Waals surface area contributed by atoms with Gasteiger partial charge < -0.3 is 16.8 Å². The second-order valence-electron chi connectivity index (χ2n) is 12.9. The normalized spacial score (nSPS) is 11.8. The molecule has 0 fully saturated rings.